The van der Waals surface area contributed by atoms with Gasteiger partial charge in [-0.15, -0.1) is 0 Å². The number of nitro groups is 1. The molecule has 122 valence electrons. The van der Waals surface area contributed by atoms with E-state index in [1.54, 1.807) is 37.6 Å². The molecule has 1 aromatic carbocycles. The summed E-state index contributed by atoms with van der Waals surface area (Å²) in [5.41, 5.74) is 2.20. The van der Waals surface area contributed by atoms with Crippen molar-refractivity contribution in [3.05, 3.63) is 70.2 Å². The molecule has 3 aromatic rings. The van der Waals surface area contributed by atoms with Gasteiger partial charge in [0.05, 0.1) is 11.3 Å². The first-order valence-corrected chi connectivity index (χ1v) is 7.38. The first-order chi connectivity index (χ1) is 11.5. The van der Waals surface area contributed by atoms with Crippen molar-refractivity contribution in [1.29, 1.82) is 0 Å². The summed E-state index contributed by atoms with van der Waals surface area (Å²) >= 11 is 0. The van der Waals surface area contributed by atoms with Gasteiger partial charge in [-0.3, -0.25) is 19.9 Å². The van der Waals surface area contributed by atoms with Gasteiger partial charge in [0.25, 0.3) is 5.69 Å². The predicted octanol–water partition coefficient (Wildman–Crippen LogP) is 3.32. The monoisotopic (exact) mass is 325 g/mol. The Kier molecular flexibility index (Phi) is 4.24. The van der Waals surface area contributed by atoms with E-state index < -0.39 is 17.0 Å². The van der Waals surface area contributed by atoms with Crippen molar-refractivity contribution in [3.63, 3.8) is 0 Å². The molecule has 7 heteroatoms. The number of hydrogen-bond donors (Lipinski definition) is 1. The Bertz CT molecular complexity index is 889. The number of H-pyrrole nitrogens is 1. The summed E-state index contributed by atoms with van der Waals surface area (Å²) in [6, 6.07) is 8.11. The molecular weight excluding hydrogens is 310 g/mol. The van der Waals surface area contributed by atoms with Crippen LogP contribution in [0.4, 0.5) is 5.69 Å². The largest absolute Gasteiger partial charge is 0.457 e. The van der Waals surface area contributed by atoms with Crippen molar-refractivity contribution in [2.45, 2.75) is 19.4 Å². The lowest BCUT2D eigenvalue weighted by Crippen LogP contribution is -2.11. The zero-order valence-electron chi connectivity index (χ0n) is 12.9. The molecule has 1 unspecified atom stereocenters. The minimum absolute atomic E-state index is 0.0135. The molecule has 3 rings (SSSR count). The van der Waals surface area contributed by atoms with Gasteiger partial charge < -0.3 is 9.72 Å². The maximum absolute atomic E-state index is 12.2. The third-order valence-corrected chi connectivity index (χ3v) is 3.76. The third-order valence-electron chi connectivity index (χ3n) is 3.76. The van der Waals surface area contributed by atoms with Crippen LogP contribution in [0.5, 0.6) is 0 Å². The second kappa shape index (κ2) is 6.49. The van der Waals surface area contributed by atoms with Crippen molar-refractivity contribution < 1.29 is 14.5 Å². The van der Waals surface area contributed by atoms with Crippen LogP contribution in [0.2, 0.25) is 0 Å². The SMILES string of the molecule is CC(OC(=O)Cc1c[nH]c2ccc([N+](=O)[O-])cc12)c1cccnc1. The number of ether oxygens (including phenoxy) is 1. The highest BCUT2D eigenvalue weighted by Gasteiger charge is 2.16. The Morgan fingerprint density at radius 1 is 1.42 bits per heavy atom. The van der Waals surface area contributed by atoms with Gasteiger partial charge in [0, 0.05) is 47.2 Å². The molecule has 0 amide bonds. The number of esters is 1. The Hall–Kier alpha value is -3.22. The van der Waals surface area contributed by atoms with Crippen LogP contribution in [0.15, 0.2) is 48.9 Å². The topological polar surface area (TPSA) is 98.1 Å². The lowest BCUT2D eigenvalue weighted by atomic mass is 10.1. The van der Waals surface area contributed by atoms with Crippen molar-refractivity contribution in [2.75, 3.05) is 0 Å². The van der Waals surface area contributed by atoms with Gasteiger partial charge in [-0.1, -0.05) is 6.07 Å². The quantitative estimate of drug-likeness (QED) is 0.441. The normalized spacial score (nSPS) is 12.0. The molecule has 0 bridgehead atoms. The number of rotatable bonds is 5. The van der Waals surface area contributed by atoms with Gasteiger partial charge in [0.1, 0.15) is 6.10 Å². The Balaban J connectivity index is 1.76. The molecule has 0 fully saturated rings. The maximum Gasteiger partial charge on any atom is 0.310 e. The fourth-order valence-electron chi connectivity index (χ4n) is 2.51. The van der Waals surface area contributed by atoms with E-state index in [1.165, 1.54) is 12.1 Å². The zero-order valence-corrected chi connectivity index (χ0v) is 12.9. The fourth-order valence-corrected chi connectivity index (χ4v) is 2.51. The van der Waals surface area contributed by atoms with E-state index in [4.69, 9.17) is 4.74 Å². The van der Waals surface area contributed by atoms with Crippen LogP contribution < -0.4 is 0 Å². The van der Waals surface area contributed by atoms with Gasteiger partial charge in [0.2, 0.25) is 0 Å². The fraction of sp³-hybridized carbons (Fsp3) is 0.176. The van der Waals surface area contributed by atoms with E-state index in [1.807, 2.05) is 6.07 Å². The minimum atomic E-state index is -0.459. The van der Waals surface area contributed by atoms with E-state index in [0.29, 0.717) is 10.9 Å². The molecule has 0 saturated carbocycles. The average molecular weight is 325 g/mol. The van der Waals surface area contributed by atoms with Crippen molar-refractivity contribution in [2.24, 2.45) is 0 Å². The number of carbonyl (C=O) groups is 1. The number of nitro benzene ring substituents is 1. The molecule has 2 aromatic heterocycles. The highest BCUT2D eigenvalue weighted by Crippen LogP contribution is 2.25. The molecule has 0 spiro atoms. The number of benzene rings is 1. The van der Waals surface area contributed by atoms with Gasteiger partial charge in [0.15, 0.2) is 0 Å². The van der Waals surface area contributed by atoms with Crippen molar-refractivity contribution in [3.8, 4) is 0 Å². The highest BCUT2D eigenvalue weighted by molar-refractivity contribution is 5.88. The van der Waals surface area contributed by atoms with Gasteiger partial charge in [-0.25, -0.2) is 0 Å². The first-order valence-electron chi connectivity index (χ1n) is 7.38. The summed E-state index contributed by atoms with van der Waals surface area (Å²) in [4.78, 5) is 29.6. The van der Waals surface area contributed by atoms with Crippen LogP contribution in [0, 0.1) is 10.1 Å². The summed E-state index contributed by atoms with van der Waals surface area (Å²) < 4.78 is 5.41. The molecule has 0 aliphatic heterocycles. The Labute approximate surface area is 137 Å². The van der Waals surface area contributed by atoms with E-state index in [9.17, 15) is 14.9 Å². The number of nitrogens with one attached hydrogen (secondary N) is 1. The molecule has 1 atom stereocenters. The summed E-state index contributed by atoms with van der Waals surface area (Å²) in [6.45, 7) is 1.77. The zero-order chi connectivity index (χ0) is 17.1. The highest BCUT2D eigenvalue weighted by atomic mass is 16.6. The van der Waals surface area contributed by atoms with Crippen molar-refractivity contribution in [1.82, 2.24) is 9.97 Å². The number of nitrogens with zero attached hydrogens (tertiary/aromatic N) is 2. The molecule has 0 aliphatic carbocycles. The first kappa shape index (κ1) is 15.7. The Morgan fingerprint density at radius 2 is 2.25 bits per heavy atom. The summed E-state index contributed by atoms with van der Waals surface area (Å²) in [7, 11) is 0. The third kappa shape index (κ3) is 3.24. The summed E-state index contributed by atoms with van der Waals surface area (Å²) in [6.07, 6.45) is 4.59. The van der Waals surface area contributed by atoms with Gasteiger partial charge in [-0.05, 0) is 24.6 Å². The maximum atomic E-state index is 12.2. The van der Waals surface area contributed by atoms with Gasteiger partial charge in [-0.2, -0.15) is 0 Å². The van der Waals surface area contributed by atoms with Crippen LogP contribution in [-0.4, -0.2) is 20.9 Å². The van der Waals surface area contributed by atoms with Crippen LogP contribution in [0.25, 0.3) is 10.9 Å². The molecule has 1 N–H and O–H groups in total. The molecule has 0 aliphatic rings. The lowest BCUT2D eigenvalue weighted by molar-refractivity contribution is -0.384. The molecule has 24 heavy (non-hydrogen) atoms. The number of aromatic amines is 1. The van der Waals surface area contributed by atoms with Gasteiger partial charge >= 0.3 is 5.97 Å². The number of pyridine rings is 1. The molecule has 7 nitrogen and oxygen atoms in total. The molecule has 2 heterocycles. The number of aromatic nitrogens is 2. The number of hydrogen-bond acceptors (Lipinski definition) is 5. The lowest BCUT2D eigenvalue weighted by Gasteiger charge is -2.12. The summed E-state index contributed by atoms with van der Waals surface area (Å²) in [5.74, 6) is -0.404. The van der Waals surface area contributed by atoms with E-state index in [2.05, 4.69) is 9.97 Å². The minimum Gasteiger partial charge on any atom is -0.457 e. The van der Waals surface area contributed by atoms with E-state index in [-0.39, 0.29) is 12.1 Å². The van der Waals surface area contributed by atoms with E-state index >= 15 is 0 Å². The van der Waals surface area contributed by atoms with Crippen molar-refractivity contribution >= 4 is 22.6 Å². The number of non-ortho nitro benzene ring substituents is 1. The second-order valence-electron chi connectivity index (χ2n) is 5.40. The standard InChI is InChI=1S/C17H15N3O4/c1-11(12-3-2-6-18-9-12)24-17(21)7-13-10-19-16-5-4-14(20(22)23)8-15(13)16/h2-6,8-11,19H,7H2,1H3. The molecule has 0 saturated heterocycles. The Morgan fingerprint density at radius 3 is 2.96 bits per heavy atom. The van der Waals surface area contributed by atoms with Crippen LogP contribution >= 0.6 is 0 Å². The second-order valence-corrected chi connectivity index (χ2v) is 5.40. The molecular formula is C17H15N3O4. The van der Waals surface area contributed by atoms with E-state index in [0.717, 1.165) is 11.1 Å². The molecule has 0 radical (unpaired) electrons. The van der Waals surface area contributed by atoms with Crippen LogP contribution in [-0.2, 0) is 16.0 Å². The van der Waals surface area contributed by atoms with Crippen LogP contribution in [0.3, 0.4) is 0 Å². The smallest absolute Gasteiger partial charge is 0.310 e. The predicted molar refractivity (Wildman–Crippen MR) is 87.4 cm³/mol. The number of fused-ring (bicyclic) bond motifs is 1. The average Bonchev–Trinajstić information content (AvgIpc) is 2.97. The van der Waals surface area contributed by atoms with Crippen LogP contribution in [0.1, 0.15) is 24.2 Å². The summed E-state index contributed by atoms with van der Waals surface area (Å²) in [5, 5.41) is 11.5. The number of carbonyl (C=O) groups excluding carboxylic acids is 1.